The molecule has 2 amide bonds. The van der Waals surface area contributed by atoms with E-state index < -0.39 is 0 Å². The van der Waals surface area contributed by atoms with Crippen molar-refractivity contribution in [3.8, 4) is 0 Å². The Morgan fingerprint density at radius 2 is 1.68 bits per heavy atom. The Kier molecular flexibility index (Phi) is 5.20. The number of rotatable bonds is 4. The predicted octanol–water partition coefficient (Wildman–Crippen LogP) is 1.65. The van der Waals surface area contributed by atoms with Crippen molar-refractivity contribution in [3.63, 3.8) is 0 Å². The molecule has 1 aromatic carbocycles. The molecule has 0 aliphatic carbocycles. The lowest BCUT2D eigenvalue weighted by Crippen LogP contribution is -2.41. The number of amides is 2. The first kappa shape index (κ1) is 16.8. The Bertz CT molecular complexity index is 740. The average Bonchev–Trinajstić information content (AvgIpc) is 2.64. The topological polar surface area (TPSA) is 96.5 Å². The molecule has 1 aliphatic rings. The van der Waals surface area contributed by atoms with Gasteiger partial charge in [-0.25, -0.2) is 0 Å². The minimum absolute atomic E-state index is 0.118. The monoisotopic (exact) mass is 341 g/mol. The van der Waals surface area contributed by atoms with Gasteiger partial charge in [0.25, 0.3) is 5.91 Å². The number of aromatic nitrogens is 2. The van der Waals surface area contributed by atoms with Crippen LogP contribution >= 0.6 is 0 Å². The standard InChI is InChI=1S/C17H19N5O3/c1-12(23)18-13-2-4-14(5-3-13)19-16-7-6-15(20-21-16)17(24)22-8-10-25-11-9-22/h2-7H,8-11H2,1H3,(H,18,23)(H,19,21). The number of carbonyl (C=O) groups is 2. The number of hydrogen-bond donors (Lipinski definition) is 2. The van der Waals surface area contributed by atoms with E-state index >= 15 is 0 Å². The summed E-state index contributed by atoms with van der Waals surface area (Å²) in [6.45, 7) is 3.70. The van der Waals surface area contributed by atoms with E-state index in [0.717, 1.165) is 11.4 Å². The van der Waals surface area contributed by atoms with Crippen molar-refractivity contribution in [2.24, 2.45) is 0 Å². The van der Waals surface area contributed by atoms with Gasteiger partial charge in [0.1, 0.15) is 0 Å². The van der Waals surface area contributed by atoms with Gasteiger partial charge in [-0.15, -0.1) is 10.2 Å². The summed E-state index contributed by atoms with van der Waals surface area (Å²) in [6.07, 6.45) is 0. The van der Waals surface area contributed by atoms with E-state index in [1.54, 1.807) is 29.2 Å². The molecule has 130 valence electrons. The molecule has 3 rings (SSSR count). The van der Waals surface area contributed by atoms with Gasteiger partial charge >= 0.3 is 0 Å². The molecule has 8 heteroatoms. The molecule has 2 heterocycles. The van der Waals surface area contributed by atoms with Crippen LogP contribution in [0.25, 0.3) is 0 Å². The molecule has 0 saturated carbocycles. The van der Waals surface area contributed by atoms with E-state index in [4.69, 9.17) is 4.74 Å². The van der Waals surface area contributed by atoms with E-state index in [1.165, 1.54) is 6.92 Å². The maximum atomic E-state index is 12.3. The summed E-state index contributed by atoms with van der Waals surface area (Å²) in [5.74, 6) is 0.278. The third-order valence-electron chi connectivity index (χ3n) is 3.66. The van der Waals surface area contributed by atoms with Crippen LogP contribution in [-0.2, 0) is 9.53 Å². The summed E-state index contributed by atoms with van der Waals surface area (Å²) >= 11 is 0. The second-order valence-electron chi connectivity index (χ2n) is 5.59. The van der Waals surface area contributed by atoms with Crippen molar-refractivity contribution in [1.82, 2.24) is 15.1 Å². The van der Waals surface area contributed by atoms with Gasteiger partial charge in [0.2, 0.25) is 5.91 Å². The number of morpholine rings is 1. The van der Waals surface area contributed by atoms with Crippen LogP contribution in [0.15, 0.2) is 36.4 Å². The molecule has 1 saturated heterocycles. The second-order valence-corrected chi connectivity index (χ2v) is 5.59. The molecule has 1 aliphatic heterocycles. The van der Waals surface area contributed by atoms with Gasteiger partial charge < -0.3 is 20.3 Å². The zero-order valence-electron chi connectivity index (χ0n) is 13.9. The van der Waals surface area contributed by atoms with E-state index in [1.807, 2.05) is 12.1 Å². The number of anilines is 3. The van der Waals surface area contributed by atoms with E-state index in [2.05, 4.69) is 20.8 Å². The van der Waals surface area contributed by atoms with E-state index in [-0.39, 0.29) is 11.8 Å². The highest BCUT2D eigenvalue weighted by Crippen LogP contribution is 2.17. The minimum atomic E-state index is -0.137. The summed E-state index contributed by atoms with van der Waals surface area (Å²) in [5.41, 5.74) is 1.83. The molecule has 2 N–H and O–H groups in total. The lowest BCUT2D eigenvalue weighted by atomic mass is 10.2. The van der Waals surface area contributed by atoms with Crippen LogP contribution in [0.3, 0.4) is 0 Å². The molecule has 0 atom stereocenters. The second kappa shape index (κ2) is 7.71. The third kappa shape index (κ3) is 4.51. The first-order chi connectivity index (χ1) is 12.1. The number of carbonyl (C=O) groups excluding carboxylic acids is 2. The maximum Gasteiger partial charge on any atom is 0.274 e. The van der Waals surface area contributed by atoms with Gasteiger partial charge in [0, 0.05) is 31.4 Å². The molecule has 1 fully saturated rings. The molecule has 0 unspecified atom stereocenters. The van der Waals surface area contributed by atoms with Crippen LogP contribution in [0.5, 0.6) is 0 Å². The Hall–Kier alpha value is -3.00. The molecule has 1 aromatic heterocycles. The Balaban J connectivity index is 1.62. The third-order valence-corrected chi connectivity index (χ3v) is 3.66. The van der Waals surface area contributed by atoms with Gasteiger partial charge in [-0.1, -0.05) is 0 Å². The predicted molar refractivity (Wildman–Crippen MR) is 92.8 cm³/mol. The number of nitrogens with one attached hydrogen (secondary N) is 2. The van der Waals surface area contributed by atoms with Gasteiger partial charge in [-0.05, 0) is 36.4 Å². The molecular formula is C17H19N5O3. The van der Waals surface area contributed by atoms with Crippen LogP contribution in [0.4, 0.5) is 17.2 Å². The molecule has 8 nitrogen and oxygen atoms in total. The Morgan fingerprint density at radius 3 is 2.28 bits per heavy atom. The Morgan fingerprint density at radius 1 is 1.00 bits per heavy atom. The number of nitrogens with zero attached hydrogens (tertiary/aromatic N) is 3. The maximum absolute atomic E-state index is 12.3. The number of ether oxygens (including phenoxy) is 1. The summed E-state index contributed by atoms with van der Waals surface area (Å²) < 4.78 is 5.24. The zero-order chi connectivity index (χ0) is 17.6. The van der Waals surface area contributed by atoms with Crippen LogP contribution in [-0.4, -0.2) is 53.2 Å². The van der Waals surface area contributed by atoms with Gasteiger partial charge in [0.15, 0.2) is 11.5 Å². The SMILES string of the molecule is CC(=O)Nc1ccc(Nc2ccc(C(=O)N3CCOCC3)nn2)cc1. The van der Waals surface area contributed by atoms with Crippen LogP contribution in [0, 0.1) is 0 Å². The minimum Gasteiger partial charge on any atom is -0.378 e. The summed E-state index contributed by atoms with van der Waals surface area (Å²) in [4.78, 5) is 25.0. The van der Waals surface area contributed by atoms with Crippen molar-refractivity contribution in [1.29, 1.82) is 0 Å². The molecule has 0 spiro atoms. The fourth-order valence-electron chi connectivity index (χ4n) is 2.43. The molecule has 2 aromatic rings. The first-order valence-electron chi connectivity index (χ1n) is 7.97. The van der Waals surface area contributed by atoms with Crippen molar-refractivity contribution in [3.05, 3.63) is 42.1 Å². The summed E-state index contributed by atoms with van der Waals surface area (Å²) in [5, 5.41) is 13.9. The van der Waals surface area contributed by atoms with Crippen molar-refractivity contribution >= 4 is 29.0 Å². The van der Waals surface area contributed by atoms with Gasteiger partial charge in [0.05, 0.1) is 13.2 Å². The lowest BCUT2D eigenvalue weighted by molar-refractivity contribution is -0.114. The molecular weight excluding hydrogens is 322 g/mol. The fourth-order valence-corrected chi connectivity index (χ4v) is 2.43. The normalized spacial score (nSPS) is 14.0. The first-order valence-corrected chi connectivity index (χ1v) is 7.97. The van der Waals surface area contributed by atoms with Crippen LogP contribution < -0.4 is 10.6 Å². The Labute approximate surface area is 145 Å². The van der Waals surface area contributed by atoms with E-state index in [0.29, 0.717) is 37.8 Å². The van der Waals surface area contributed by atoms with Crippen molar-refractivity contribution in [2.75, 3.05) is 36.9 Å². The van der Waals surface area contributed by atoms with Gasteiger partial charge in [-0.2, -0.15) is 0 Å². The van der Waals surface area contributed by atoms with Crippen molar-refractivity contribution in [2.45, 2.75) is 6.92 Å². The highest BCUT2D eigenvalue weighted by molar-refractivity contribution is 5.92. The zero-order valence-corrected chi connectivity index (χ0v) is 13.9. The largest absolute Gasteiger partial charge is 0.378 e. The van der Waals surface area contributed by atoms with Crippen LogP contribution in [0.2, 0.25) is 0 Å². The molecule has 0 bridgehead atoms. The number of benzene rings is 1. The fraction of sp³-hybridized carbons (Fsp3) is 0.294. The quantitative estimate of drug-likeness (QED) is 0.878. The smallest absolute Gasteiger partial charge is 0.274 e. The molecule has 0 radical (unpaired) electrons. The molecule has 25 heavy (non-hydrogen) atoms. The highest BCUT2D eigenvalue weighted by atomic mass is 16.5. The van der Waals surface area contributed by atoms with Gasteiger partial charge in [-0.3, -0.25) is 9.59 Å². The lowest BCUT2D eigenvalue weighted by Gasteiger charge is -2.26. The summed E-state index contributed by atoms with van der Waals surface area (Å²) in [6, 6.07) is 10.6. The van der Waals surface area contributed by atoms with E-state index in [9.17, 15) is 9.59 Å². The average molecular weight is 341 g/mol. The highest BCUT2D eigenvalue weighted by Gasteiger charge is 2.19. The van der Waals surface area contributed by atoms with Crippen molar-refractivity contribution < 1.29 is 14.3 Å². The number of hydrogen-bond acceptors (Lipinski definition) is 6. The summed E-state index contributed by atoms with van der Waals surface area (Å²) in [7, 11) is 0. The van der Waals surface area contributed by atoms with Crippen LogP contribution in [0.1, 0.15) is 17.4 Å².